The van der Waals surface area contributed by atoms with E-state index in [2.05, 4.69) is 496 Å². The molecule has 0 radical (unpaired) electrons. The maximum atomic E-state index is 2.49. The van der Waals surface area contributed by atoms with E-state index < -0.39 is 0 Å². The highest BCUT2D eigenvalue weighted by Crippen LogP contribution is 2.52. The lowest BCUT2D eigenvalue weighted by Crippen LogP contribution is -2.00. The van der Waals surface area contributed by atoms with E-state index in [4.69, 9.17) is 0 Å². The Balaban J connectivity index is 0.000000137. The average molecular weight is 1600 g/mol. The van der Waals surface area contributed by atoms with Crippen LogP contribution in [0.3, 0.4) is 0 Å². The van der Waals surface area contributed by atoms with Crippen molar-refractivity contribution in [3.8, 4) is 106 Å². The van der Waals surface area contributed by atoms with Crippen molar-refractivity contribution in [3.63, 3.8) is 0 Å². The van der Waals surface area contributed by atoms with Gasteiger partial charge < -0.3 is 22.8 Å². The average Bonchev–Trinajstić information content (AvgIpc) is 1.56. The minimum Gasteiger partial charge on any atom is -0.309 e. The molecule has 0 fully saturated rings. The van der Waals surface area contributed by atoms with Crippen molar-refractivity contribution >= 4 is 109 Å². The van der Waals surface area contributed by atoms with Crippen LogP contribution in [0.25, 0.3) is 215 Å². The lowest BCUT2D eigenvalue weighted by molar-refractivity contribution is 1.01. The number of hydrogen-bond donors (Lipinski definition) is 0. The molecule has 0 aliphatic heterocycles. The molecule has 0 spiro atoms. The highest BCUT2D eigenvalue weighted by Gasteiger charge is 2.32. The van der Waals surface area contributed by atoms with Crippen LogP contribution in [0.5, 0.6) is 0 Å². The molecule has 1 atom stereocenters. The molecule has 0 saturated heterocycles. The number of rotatable bonds is 12. The van der Waals surface area contributed by atoms with Crippen LogP contribution in [0, 0.1) is 0 Å². The van der Waals surface area contributed by atoms with E-state index in [9.17, 15) is 0 Å². The summed E-state index contributed by atoms with van der Waals surface area (Å²) in [6.45, 7) is 0. The van der Waals surface area contributed by atoms with Crippen molar-refractivity contribution in [1.29, 1.82) is 0 Å². The molecule has 1 aliphatic carbocycles. The molecule has 1 unspecified atom stereocenters. The highest BCUT2D eigenvalue weighted by molar-refractivity contribution is 6.21. The normalized spacial score (nSPS) is 12.5. The molecule has 5 heteroatoms. The van der Waals surface area contributed by atoms with E-state index in [-0.39, 0.29) is 5.92 Å². The number of aromatic nitrogens is 5. The Morgan fingerprint density at radius 2 is 0.389 bits per heavy atom. The van der Waals surface area contributed by atoms with E-state index in [1.807, 2.05) is 0 Å². The maximum absolute atomic E-state index is 2.49. The summed E-state index contributed by atoms with van der Waals surface area (Å²) >= 11 is 0. The van der Waals surface area contributed by atoms with Crippen LogP contribution in [-0.4, -0.2) is 22.8 Å². The van der Waals surface area contributed by atoms with Crippen molar-refractivity contribution < 1.29 is 0 Å². The van der Waals surface area contributed by atoms with E-state index in [0.29, 0.717) is 0 Å². The van der Waals surface area contributed by atoms with Gasteiger partial charge in [-0.2, -0.15) is 0 Å². The van der Waals surface area contributed by atoms with Gasteiger partial charge in [-0.3, -0.25) is 0 Å². The zero-order valence-corrected chi connectivity index (χ0v) is 68.8. The highest BCUT2D eigenvalue weighted by atomic mass is 15.0. The van der Waals surface area contributed by atoms with Gasteiger partial charge in [0, 0.05) is 88.2 Å². The third kappa shape index (κ3) is 11.9. The van der Waals surface area contributed by atoms with Gasteiger partial charge in [-0.05, 0) is 246 Å². The molecular weight excluding hydrogens is 1520 g/mol. The number of para-hydroxylation sites is 4. The summed E-state index contributed by atoms with van der Waals surface area (Å²) in [6.07, 6.45) is 0. The van der Waals surface area contributed by atoms with Crippen molar-refractivity contribution in [1.82, 2.24) is 22.8 Å². The number of nitrogens with zero attached hydrogens (tertiary/aromatic N) is 5. The fraction of sp³-hybridized carbons (Fsp3) is 0.00826. The van der Waals surface area contributed by atoms with Crippen molar-refractivity contribution in [2.24, 2.45) is 0 Å². The maximum Gasteiger partial charge on any atom is 0.0548 e. The molecule has 588 valence electrons. The third-order valence-corrected chi connectivity index (χ3v) is 26.4. The van der Waals surface area contributed by atoms with E-state index >= 15 is 0 Å². The second-order valence-electron chi connectivity index (χ2n) is 33.4. The monoisotopic (exact) mass is 1600 g/mol. The van der Waals surface area contributed by atoms with Gasteiger partial charge in [-0.15, -0.1) is 0 Å². The molecule has 0 amide bonds. The molecule has 5 heterocycles. The van der Waals surface area contributed by atoms with Gasteiger partial charge in [0.05, 0.1) is 55.2 Å². The summed E-state index contributed by atoms with van der Waals surface area (Å²) < 4.78 is 12.2. The molecule has 20 aromatic carbocycles. The number of hydrogen-bond acceptors (Lipinski definition) is 0. The number of benzene rings is 20. The van der Waals surface area contributed by atoms with Crippen LogP contribution >= 0.6 is 0 Å². The Morgan fingerprint density at radius 3 is 0.817 bits per heavy atom. The quantitative estimate of drug-likeness (QED) is 0.116. The predicted octanol–water partition coefficient (Wildman–Crippen LogP) is 32.0. The third-order valence-electron chi connectivity index (χ3n) is 26.4. The fourth-order valence-electron chi connectivity index (χ4n) is 20.6. The second-order valence-corrected chi connectivity index (χ2v) is 33.4. The first kappa shape index (κ1) is 72.2. The smallest absolute Gasteiger partial charge is 0.0548 e. The van der Waals surface area contributed by atoms with Gasteiger partial charge in [0.25, 0.3) is 0 Å². The Bertz CT molecular complexity index is 8590. The van der Waals surface area contributed by atoms with E-state index in [1.54, 1.807) is 0 Å². The summed E-state index contributed by atoms with van der Waals surface area (Å²) in [6, 6.07) is 174. The van der Waals surface area contributed by atoms with Crippen LogP contribution in [0.15, 0.2) is 473 Å². The summed E-state index contributed by atoms with van der Waals surface area (Å²) in [4.78, 5) is 0. The summed E-state index contributed by atoms with van der Waals surface area (Å²) in [7, 11) is 0. The Hall–Kier alpha value is -16.6. The number of fused-ring (bicyclic) bond motifs is 18. The Labute approximate surface area is 729 Å². The summed E-state index contributed by atoms with van der Waals surface area (Å²) in [5, 5.41) is 12.4. The predicted molar refractivity (Wildman–Crippen MR) is 530 cm³/mol. The molecule has 5 nitrogen and oxygen atoms in total. The lowest BCUT2D eigenvalue weighted by Gasteiger charge is -2.15. The largest absolute Gasteiger partial charge is 0.309 e. The standard InChI is InChI=1S/C61H40N2.C60H39N3/c1-4-15-40(16-5-1)42-27-31-47(32-28-42)62-57-26-13-12-24-50(57)53-36-45(29-33-58(53)62)46-30-34-59-54(37-46)55-38-52-49-23-10-11-25-51(49)61(43-19-8-3-9-20-43)56(52)39-60(55)63(59)48-22-14-21-44(35-48)41-17-6-2-7-18-41;1-4-15-40(16-5-1)42-27-31-47(32-28-42)61-55-25-12-10-23-49(55)51-36-44(29-33-57(51)61)45-30-34-58-52(37-45)54-39-59-53(50-24-11-13-26-56(50)62(59)46-20-8-3-9-21-46)38-60(54)63(58)48-22-14-19-43(35-48)41-17-6-2-7-18-41/h1-39,61H;1-39H. The van der Waals surface area contributed by atoms with E-state index in [0.717, 1.165) is 28.4 Å². The molecule has 1 aliphatic rings. The summed E-state index contributed by atoms with van der Waals surface area (Å²) in [5.74, 6) is 0.162. The van der Waals surface area contributed by atoms with Crippen molar-refractivity contribution in [3.05, 3.63) is 490 Å². The fourth-order valence-corrected chi connectivity index (χ4v) is 20.6. The van der Waals surface area contributed by atoms with E-state index in [1.165, 1.54) is 204 Å². The zero-order valence-electron chi connectivity index (χ0n) is 68.8. The van der Waals surface area contributed by atoms with Crippen LogP contribution in [0.4, 0.5) is 0 Å². The molecule has 126 heavy (non-hydrogen) atoms. The summed E-state index contributed by atoms with van der Waals surface area (Å²) in [5.41, 5.74) is 38.9. The minimum atomic E-state index is 0.162. The first-order valence-corrected chi connectivity index (χ1v) is 43.5. The minimum absolute atomic E-state index is 0.162. The topological polar surface area (TPSA) is 24.6 Å². The molecular formula is C121H79N5. The molecule has 0 bridgehead atoms. The first-order valence-electron chi connectivity index (χ1n) is 43.5. The van der Waals surface area contributed by atoms with Crippen LogP contribution < -0.4 is 0 Å². The van der Waals surface area contributed by atoms with Crippen molar-refractivity contribution in [2.45, 2.75) is 5.92 Å². The van der Waals surface area contributed by atoms with Gasteiger partial charge in [-0.25, -0.2) is 0 Å². The Morgan fingerprint density at radius 1 is 0.127 bits per heavy atom. The van der Waals surface area contributed by atoms with Crippen molar-refractivity contribution in [2.75, 3.05) is 0 Å². The Kier molecular flexibility index (Phi) is 17.0. The SMILES string of the molecule is c1ccc(-c2ccc(-n3c4ccccc4c4cc(-c5ccc6c(c5)c5cc7c(cc5n6-c5cccc(-c6ccccc6)c5)C(c5ccccc5)c5ccccc5-7)ccc43)cc2)cc1.c1ccc(-c2ccc(-n3c4ccccc4c4cc(-c5ccc6c(c5)c5cc7c(cc5n6-c5cccc(-c6ccccc6)c5)c5ccccc5n7-c5ccccc5)ccc43)cc2)cc1. The molecule has 26 rings (SSSR count). The van der Waals surface area contributed by atoms with Crippen LogP contribution in [0.2, 0.25) is 0 Å². The van der Waals surface area contributed by atoms with Gasteiger partial charge >= 0.3 is 0 Å². The second kappa shape index (κ2) is 29.6. The van der Waals surface area contributed by atoms with Gasteiger partial charge in [-0.1, -0.05) is 322 Å². The van der Waals surface area contributed by atoms with Gasteiger partial charge in [0.1, 0.15) is 0 Å². The molecule has 5 aromatic heterocycles. The lowest BCUT2D eigenvalue weighted by atomic mass is 9.89. The molecule has 0 N–H and O–H groups in total. The molecule has 0 saturated carbocycles. The van der Waals surface area contributed by atoms with Gasteiger partial charge in [0.2, 0.25) is 0 Å². The van der Waals surface area contributed by atoms with Crippen LogP contribution in [0.1, 0.15) is 22.6 Å². The molecule has 25 aromatic rings. The zero-order chi connectivity index (χ0) is 82.9. The first-order chi connectivity index (χ1) is 62.5. The van der Waals surface area contributed by atoms with Crippen LogP contribution in [-0.2, 0) is 0 Å². The van der Waals surface area contributed by atoms with Gasteiger partial charge in [0.15, 0.2) is 0 Å².